The van der Waals surface area contributed by atoms with Crippen molar-refractivity contribution in [3.05, 3.63) is 29.3 Å². The Bertz CT molecular complexity index is 373. The fourth-order valence-electron chi connectivity index (χ4n) is 2.42. The van der Waals surface area contributed by atoms with Crippen molar-refractivity contribution in [3.63, 3.8) is 0 Å². The molecule has 2 heteroatoms. The molecule has 0 amide bonds. The van der Waals surface area contributed by atoms with Crippen LogP contribution < -0.4 is 5.32 Å². The van der Waals surface area contributed by atoms with Gasteiger partial charge in [-0.15, -0.1) is 11.8 Å². The van der Waals surface area contributed by atoms with Gasteiger partial charge in [-0.3, -0.25) is 0 Å². The van der Waals surface area contributed by atoms with Crippen LogP contribution in [0.2, 0.25) is 0 Å². The third-order valence-corrected chi connectivity index (χ3v) is 4.47. The maximum absolute atomic E-state index is 3.50. The third kappa shape index (κ3) is 4.33. The Morgan fingerprint density at radius 3 is 2.89 bits per heavy atom. The maximum Gasteiger partial charge on any atom is 0.00748 e. The average Bonchev–Trinajstić information content (AvgIpc) is 2.80. The van der Waals surface area contributed by atoms with Crippen LogP contribution in [0.25, 0.3) is 0 Å². The van der Waals surface area contributed by atoms with Gasteiger partial charge in [0, 0.05) is 4.90 Å². The highest BCUT2D eigenvalue weighted by atomic mass is 32.2. The molecule has 18 heavy (non-hydrogen) atoms. The van der Waals surface area contributed by atoms with Gasteiger partial charge in [0.1, 0.15) is 0 Å². The van der Waals surface area contributed by atoms with E-state index in [1.54, 1.807) is 11.1 Å². The molecule has 1 aliphatic carbocycles. The summed E-state index contributed by atoms with van der Waals surface area (Å²) < 4.78 is 0. The van der Waals surface area contributed by atoms with E-state index in [0.717, 1.165) is 19.0 Å². The standard InChI is InChI=1S/C16H25NS/c1-13(2)12-17-9-4-10-18-16-8-7-14-5-3-6-15(14)11-16/h7-8,11,13,17H,3-6,9-10,12H2,1-2H3. The molecule has 0 saturated carbocycles. The molecular weight excluding hydrogens is 238 g/mol. The van der Waals surface area contributed by atoms with Gasteiger partial charge in [0.2, 0.25) is 0 Å². The Balaban J connectivity index is 1.65. The molecule has 1 aromatic carbocycles. The lowest BCUT2D eigenvalue weighted by molar-refractivity contribution is 0.552. The van der Waals surface area contributed by atoms with Gasteiger partial charge in [0.25, 0.3) is 0 Å². The molecule has 0 unspecified atom stereocenters. The normalized spacial score (nSPS) is 14.2. The second-order valence-corrected chi connectivity index (χ2v) is 6.75. The van der Waals surface area contributed by atoms with Crippen molar-refractivity contribution in [1.29, 1.82) is 0 Å². The number of aryl methyl sites for hydroxylation is 2. The molecule has 0 aromatic heterocycles. The monoisotopic (exact) mass is 263 g/mol. The van der Waals surface area contributed by atoms with E-state index in [9.17, 15) is 0 Å². The summed E-state index contributed by atoms with van der Waals surface area (Å²) in [6.45, 7) is 6.80. The molecule has 0 bridgehead atoms. The molecule has 1 aliphatic rings. The number of rotatable bonds is 7. The number of fused-ring (bicyclic) bond motifs is 1. The minimum Gasteiger partial charge on any atom is -0.316 e. The van der Waals surface area contributed by atoms with Gasteiger partial charge in [-0.1, -0.05) is 19.9 Å². The van der Waals surface area contributed by atoms with E-state index in [-0.39, 0.29) is 0 Å². The largest absolute Gasteiger partial charge is 0.316 e. The highest BCUT2D eigenvalue weighted by Gasteiger charge is 2.10. The Hall–Kier alpha value is -0.470. The molecule has 0 radical (unpaired) electrons. The maximum atomic E-state index is 3.50. The zero-order chi connectivity index (χ0) is 12.8. The molecule has 0 fully saturated rings. The first-order valence-electron chi connectivity index (χ1n) is 7.21. The fraction of sp³-hybridized carbons (Fsp3) is 0.625. The first-order chi connectivity index (χ1) is 8.75. The van der Waals surface area contributed by atoms with Crippen molar-refractivity contribution < 1.29 is 0 Å². The summed E-state index contributed by atoms with van der Waals surface area (Å²) in [6.07, 6.45) is 5.19. The zero-order valence-electron chi connectivity index (χ0n) is 11.7. The predicted octanol–water partition coefficient (Wildman–Crippen LogP) is 3.90. The van der Waals surface area contributed by atoms with Gasteiger partial charge < -0.3 is 5.32 Å². The number of hydrogen-bond acceptors (Lipinski definition) is 2. The van der Waals surface area contributed by atoms with Crippen molar-refractivity contribution in [3.8, 4) is 0 Å². The topological polar surface area (TPSA) is 12.0 Å². The Labute approximate surface area is 116 Å². The first kappa shape index (κ1) is 14.0. The summed E-state index contributed by atoms with van der Waals surface area (Å²) >= 11 is 2.01. The molecule has 0 spiro atoms. The molecule has 0 aliphatic heterocycles. The lowest BCUT2D eigenvalue weighted by Crippen LogP contribution is -2.21. The number of hydrogen-bond donors (Lipinski definition) is 1. The van der Waals surface area contributed by atoms with E-state index in [1.165, 1.54) is 36.3 Å². The molecule has 1 aromatic rings. The average molecular weight is 263 g/mol. The van der Waals surface area contributed by atoms with Crippen LogP contribution in [0.1, 0.15) is 37.8 Å². The first-order valence-corrected chi connectivity index (χ1v) is 8.19. The second-order valence-electron chi connectivity index (χ2n) is 5.58. The highest BCUT2D eigenvalue weighted by molar-refractivity contribution is 7.99. The van der Waals surface area contributed by atoms with Gasteiger partial charge in [-0.05, 0) is 73.7 Å². The molecule has 0 atom stereocenters. The smallest absolute Gasteiger partial charge is 0.00748 e. The molecule has 100 valence electrons. The summed E-state index contributed by atoms with van der Waals surface area (Å²) in [5.41, 5.74) is 3.18. The van der Waals surface area contributed by atoms with Crippen LogP contribution in [0.5, 0.6) is 0 Å². The van der Waals surface area contributed by atoms with Crippen LogP contribution in [0.4, 0.5) is 0 Å². The molecule has 1 nitrogen and oxygen atoms in total. The van der Waals surface area contributed by atoms with Gasteiger partial charge in [0.05, 0.1) is 0 Å². The number of benzene rings is 1. The number of nitrogens with one attached hydrogen (secondary N) is 1. The lowest BCUT2D eigenvalue weighted by atomic mass is 10.1. The van der Waals surface area contributed by atoms with Crippen LogP contribution in [0, 0.1) is 5.92 Å². The highest BCUT2D eigenvalue weighted by Crippen LogP contribution is 2.27. The van der Waals surface area contributed by atoms with E-state index in [4.69, 9.17) is 0 Å². The molecular formula is C16H25NS. The van der Waals surface area contributed by atoms with Gasteiger partial charge in [0.15, 0.2) is 0 Å². The molecule has 0 saturated heterocycles. The molecule has 2 rings (SSSR count). The summed E-state index contributed by atoms with van der Waals surface area (Å²) in [5.74, 6) is 1.98. The van der Waals surface area contributed by atoms with Crippen molar-refractivity contribution in [2.24, 2.45) is 5.92 Å². The van der Waals surface area contributed by atoms with Crippen LogP contribution >= 0.6 is 11.8 Å². The van der Waals surface area contributed by atoms with Crippen LogP contribution in [-0.2, 0) is 12.8 Å². The van der Waals surface area contributed by atoms with Crippen LogP contribution in [0.3, 0.4) is 0 Å². The second kappa shape index (κ2) is 7.20. The van der Waals surface area contributed by atoms with Gasteiger partial charge in [-0.25, -0.2) is 0 Å². The minimum atomic E-state index is 0.759. The van der Waals surface area contributed by atoms with Crippen molar-refractivity contribution in [2.45, 2.75) is 44.4 Å². The Kier molecular flexibility index (Phi) is 5.58. The van der Waals surface area contributed by atoms with Crippen LogP contribution in [0.15, 0.2) is 23.1 Å². The van der Waals surface area contributed by atoms with E-state index in [0.29, 0.717) is 0 Å². The summed E-state index contributed by atoms with van der Waals surface area (Å²) in [5, 5.41) is 3.50. The van der Waals surface area contributed by atoms with Crippen molar-refractivity contribution in [2.75, 3.05) is 18.8 Å². The Morgan fingerprint density at radius 1 is 1.22 bits per heavy atom. The molecule has 0 heterocycles. The zero-order valence-corrected chi connectivity index (χ0v) is 12.5. The predicted molar refractivity (Wildman–Crippen MR) is 81.5 cm³/mol. The van der Waals surface area contributed by atoms with Crippen molar-refractivity contribution >= 4 is 11.8 Å². The van der Waals surface area contributed by atoms with Crippen LogP contribution in [-0.4, -0.2) is 18.8 Å². The third-order valence-electron chi connectivity index (χ3n) is 3.39. The SMILES string of the molecule is CC(C)CNCCCSc1ccc2c(c1)CCC2. The summed E-state index contributed by atoms with van der Waals surface area (Å²) in [4.78, 5) is 1.46. The van der Waals surface area contributed by atoms with Gasteiger partial charge >= 0.3 is 0 Å². The summed E-state index contributed by atoms with van der Waals surface area (Å²) in [7, 11) is 0. The quantitative estimate of drug-likeness (QED) is 0.591. The van der Waals surface area contributed by atoms with Crippen molar-refractivity contribution in [1.82, 2.24) is 5.32 Å². The summed E-state index contributed by atoms with van der Waals surface area (Å²) in [6, 6.07) is 7.05. The van der Waals surface area contributed by atoms with E-state index < -0.39 is 0 Å². The van der Waals surface area contributed by atoms with E-state index in [1.807, 2.05) is 11.8 Å². The van der Waals surface area contributed by atoms with Gasteiger partial charge in [-0.2, -0.15) is 0 Å². The Morgan fingerprint density at radius 2 is 2.06 bits per heavy atom. The minimum absolute atomic E-state index is 0.759. The number of thioether (sulfide) groups is 1. The fourth-order valence-corrected chi connectivity index (χ4v) is 3.33. The van der Waals surface area contributed by atoms with E-state index in [2.05, 4.69) is 37.4 Å². The van der Waals surface area contributed by atoms with E-state index >= 15 is 0 Å². The lowest BCUT2D eigenvalue weighted by Gasteiger charge is -2.07. The molecule has 1 N–H and O–H groups in total.